The van der Waals surface area contributed by atoms with Gasteiger partial charge < -0.3 is 15.2 Å². The molecule has 1 amide bonds. The first kappa shape index (κ1) is 11.4. The Morgan fingerprint density at radius 3 is 3.31 bits per heavy atom. The van der Waals surface area contributed by atoms with Gasteiger partial charge in [0.1, 0.15) is 6.33 Å². The van der Waals surface area contributed by atoms with Crippen molar-refractivity contribution in [2.75, 3.05) is 18.1 Å². The summed E-state index contributed by atoms with van der Waals surface area (Å²) in [5.74, 6) is 2.71. The van der Waals surface area contributed by atoms with E-state index in [0.717, 1.165) is 23.9 Å². The van der Waals surface area contributed by atoms with E-state index in [9.17, 15) is 4.79 Å². The molecule has 0 bridgehead atoms. The Balaban J connectivity index is 1.81. The van der Waals surface area contributed by atoms with Crippen LogP contribution in [0.15, 0.2) is 6.33 Å². The summed E-state index contributed by atoms with van der Waals surface area (Å²) < 4.78 is 1.79. The van der Waals surface area contributed by atoms with Crippen LogP contribution in [0.3, 0.4) is 0 Å². The van der Waals surface area contributed by atoms with E-state index in [-0.39, 0.29) is 11.9 Å². The van der Waals surface area contributed by atoms with Crippen molar-refractivity contribution < 1.29 is 4.79 Å². The third-order valence-electron chi connectivity index (χ3n) is 2.46. The average Bonchev–Trinajstić information content (AvgIpc) is 2.73. The largest absolute Gasteiger partial charge is 0.347 e. The molecule has 6 nitrogen and oxygen atoms in total. The highest BCUT2D eigenvalue weighted by Gasteiger charge is 2.20. The van der Waals surface area contributed by atoms with Gasteiger partial charge in [0.05, 0.1) is 12.6 Å². The highest BCUT2D eigenvalue weighted by molar-refractivity contribution is 7.99. The fraction of sp³-hybridized carbons (Fsp3) is 0.667. The van der Waals surface area contributed by atoms with Crippen LogP contribution in [-0.2, 0) is 18.4 Å². The zero-order chi connectivity index (χ0) is 11.4. The number of rotatable bonds is 3. The molecule has 2 heterocycles. The number of nitrogens with zero attached hydrogens (tertiary/aromatic N) is 3. The number of hydrogen-bond acceptors (Lipinski definition) is 5. The maximum atomic E-state index is 11.8. The molecule has 1 aromatic heterocycles. The molecule has 1 aliphatic heterocycles. The first-order chi connectivity index (χ1) is 7.77. The summed E-state index contributed by atoms with van der Waals surface area (Å²) in [6, 6.07) is -0.0769. The van der Waals surface area contributed by atoms with E-state index in [0.29, 0.717) is 6.54 Å². The summed E-state index contributed by atoms with van der Waals surface area (Å²) in [6.45, 7) is 1.32. The SMILES string of the molecule is Cn1cnnc1CNC(=O)C1CSCCN1. The van der Waals surface area contributed by atoms with Gasteiger partial charge in [-0.15, -0.1) is 10.2 Å². The van der Waals surface area contributed by atoms with Crippen LogP contribution in [0.2, 0.25) is 0 Å². The quantitative estimate of drug-likeness (QED) is 0.720. The van der Waals surface area contributed by atoms with Crippen LogP contribution in [0.4, 0.5) is 0 Å². The normalized spacial score (nSPS) is 20.7. The highest BCUT2D eigenvalue weighted by atomic mass is 32.2. The van der Waals surface area contributed by atoms with Crippen molar-refractivity contribution in [3.8, 4) is 0 Å². The minimum atomic E-state index is -0.0769. The second kappa shape index (κ2) is 5.31. The molecular weight excluding hydrogens is 226 g/mol. The Kier molecular flexibility index (Phi) is 3.79. The predicted molar refractivity (Wildman–Crippen MR) is 62.0 cm³/mol. The number of aromatic nitrogens is 3. The van der Waals surface area contributed by atoms with Gasteiger partial charge >= 0.3 is 0 Å². The van der Waals surface area contributed by atoms with Gasteiger partial charge in [0.25, 0.3) is 0 Å². The van der Waals surface area contributed by atoms with Crippen molar-refractivity contribution in [3.63, 3.8) is 0 Å². The van der Waals surface area contributed by atoms with Gasteiger partial charge in [-0.2, -0.15) is 11.8 Å². The van der Waals surface area contributed by atoms with Crippen LogP contribution in [-0.4, -0.2) is 44.8 Å². The van der Waals surface area contributed by atoms with Gasteiger partial charge in [0, 0.05) is 25.1 Å². The van der Waals surface area contributed by atoms with Crippen LogP contribution in [0.5, 0.6) is 0 Å². The summed E-state index contributed by atoms with van der Waals surface area (Å²) in [6.07, 6.45) is 1.62. The van der Waals surface area contributed by atoms with Crippen molar-refractivity contribution in [2.45, 2.75) is 12.6 Å². The minimum absolute atomic E-state index is 0.0372. The van der Waals surface area contributed by atoms with Crippen molar-refractivity contribution in [3.05, 3.63) is 12.2 Å². The Morgan fingerprint density at radius 1 is 1.81 bits per heavy atom. The lowest BCUT2D eigenvalue weighted by Crippen LogP contribution is -2.48. The van der Waals surface area contributed by atoms with Gasteiger partial charge in [-0.25, -0.2) is 0 Å². The Labute approximate surface area is 98.2 Å². The summed E-state index contributed by atoms with van der Waals surface area (Å²) in [5.41, 5.74) is 0. The number of hydrogen-bond donors (Lipinski definition) is 2. The number of nitrogens with one attached hydrogen (secondary N) is 2. The van der Waals surface area contributed by atoms with Crippen LogP contribution in [0, 0.1) is 0 Å². The van der Waals surface area contributed by atoms with E-state index in [2.05, 4.69) is 20.8 Å². The lowest BCUT2D eigenvalue weighted by atomic mass is 10.3. The highest BCUT2D eigenvalue weighted by Crippen LogP contribution is 2.07. The van der Waals surface area contributed by atoms with Gasteiger partial charge in [0.2, 0.25) is 5.91 Å². The Bertz CT molecular complexity index is 361. The smallest absolute Gasteiger partial charge is 0.238 e. The van der Waals surface area contributed by atoms with Gasteiger partial charge in [-0.3, -0.25) is 4.79 Å². The standard InChI is InChI=1S/C9H15N5OS/c1-14-6-12-13-8(14)4-11-9(15)7-5-16-3-2-10-7/h6-7,10H,2-5H2,1H3,(H,11,15). The summed E-state index contributed by atoms with van der Waals surface area (Å²) >= 11 is 1.80. The molecule has 1 unspecified atom stereocenters. The first-order valence-electron chi connectivity index (χ1n) is 5.19. The topological polar surface area (TPSA) is 71.8 Å². The fourth-order valence-corrected chi connectivity index (χ4v) is 2.42. The molecule has 1 fully saturated rings. The first-order valence-corrected chi connectivity index (χ1v) is 6.34. The summed E-state index contributed by atoms with van der Waals surface area (Å²) in [7, 11) is 1.86. The van der Waals surface area contributed by atoms with Crippen LogP contribution >= 0.6 is 11.8 Å². The monoisotopic (exact) mass is 241 g/mol. The molecule has 1 aliphatic rings. The van der Waals surface area contributed by atoms with E-state index in [1.54, 1.807) is 22.7 Å². The molecule has 7 heteroatoms. The number of carbonyl (C=O) groups excluding carboxylic acids is 1. The number of thioether (sulfide) groups is 1. The van der Waals surface area contributed by atoms with Crippen LogP contribution in [0.25, 0.3) is 0 Å². The maximum absolute atomic E-state index is 11.8. The van der Waals surface area contributed by atoms with E-state index >= 15 is 0 Å². The van der Waals surface area contributed by atoms with E-state index in [1.165, 1.54) is 0 Å². The fourth-order valence-electron chi connectivity index (χ4n) is 1.49. The third-order valence-corrected chi connectivity index (χ3v) is 3.53. The summed E-state index contributed by atoms with van der Waals surface area (Å²) in [5, 5.41) is 13.7. The molecule has 0 spiro atoms. The van der Waals surface area contributed by atoms with Crippen molar-refractivity contribution in [2.24, 2.45) is 7.05 Å². The van der Waals surface area contributed by atoms with Crippen LogP contribution in [0.1, 0.15) is 5.82 Å². The molecule has 0 aliphatic carbocycles. The molecule has 2 rings (SSSR count). The van der Waals surface area contributed by atoms with E-state index in [4.69, 9.17) is 0 Å². The van der Waals surface area contributed by atoms with Gasteiger partial charge in [-0.05, 0) is 0 Å². The average molecular weight is 241 g/mol. The molecular formula is C9H15N5OS. The lowest BCUT2D eigenvalue weighted by molar-refractivity contribution is -0.122. The second-order valence-electron chi connectivity index (χ2n) is 3.66. The lowest BCUT2D eigenvalue weighted by Gasteiger charge is -2.22. The zero-order valence-corrected chi connectivity index (χ0v) is 9.96. The molecule has 2 N–H and O–H groups in total. The number of aryl methyl sites for hydroxylation is 1. The van der Waals surface area contributed by atoms with Crippen molar-refractivity contribution in [1.82, 2.24) is 25.4 Å². The zero-order valence-electron chi connectivity index (χ0n) is 9.14. The number of amides is 1. The minimum Gasteiger partial charge on any atom is -0.347 e. The van der Waals surface area contributed by atoms with Gasteiger partial charge in [0.15, 0.2) is 5.82 Å². The van der Waals surface area contributed by atoms with E-state index in [1.807, 2.05) is 7.05 Å². The van der Waals surface area contributed by atoms with Gasteiger partial charge in [-0.1, -0.05) is 0 Å². The summed E-state index contributed by atoms with van der Waals surface area (Å²) in [4.78, 5) is 11.8. The van der Waals surface area contributed by atoms with E-state index < -0.39 is 0 Å². The third kappa shape index (κ3) is 2.73. The maximum Gasteiger partial charge on any atom is 0.238 e. The predicted octanol–water partition coefficient (Wildman–Crippen LogP) is -0.864. The van der Waals surface area contributed by atoms with Crippen molar-refractivity contribution >= 4 is 17.7 Å². The molecule has 0 radical (unpaired) electrons. The second-order valence-corrected chi connectivity index (χ2v) is 4.81. The Hall–Kier alpha value is -1.08. The molecule has 1 saturated heterocycles. The molecule has 1 atom stereocenters. The Morgan fingerprint density at radius 2 is 2.69 bits per heavy atom. The molecule has 16 heavy (non-hydrogen) atoms. The molecule has 88 valence electrons. The van der Waals surface area contributed by atoms with Crippen molar-refractivity contribution in [1.29, 1.82) is 0 Å². The van der Waals surface area contributed by atoms with Crippen LogP contribution < -0.4 is 10.6 Å². The number of carbonyl (C=O) groups is 1. The molecule has 0 aromatic carbocycles. The molecule has 0 saturated carbocycles. The molecule has 1 aromatic rings.